The van der Waals surface area contributed by atoms with Crippen LogP contribution in [0.2, 0.25) is 0 Å². The molecule has 0 fully saturated rings. The number of benzene rings is 1. The molecule has 0 atom stereocenters. The largest absolute Gasteiger partial charge is 0.431 e. The second-order valence-electron chi connectivity index (χ2n) is 3.12. The lowest BCUT2D eigenvalue weighted by Crippen LogP contribution is -2.14. The van der Waals surface area contributed by atoms with E-state index in [0.717, 1.165) is 18.4 Å². The standard InChI is InChI=1S/C10H7F2N3O2/c11-5-2-1-3-6(12)8(5)15-9(16)7-4-17-10(13)14-7/h1-4H,(H2,13,14)(H,15,16). The van der Waals surface area contributed by atoms with Gasteiger partial charge in [-0.15, -0.1) is 0 Å². The third kappa shape index (κ3) is 2.22. The minimum absolute atomic E-state index is 0.162. The summed E-state index contributed by atoms with van der Waals surface area (Å²) in [7, 11) is 0. The number of halogens is 2. The van der Waals surface area contributed by atoms with E-state index in [1.165, 1.54) is 6.07 Å². The topological polar surface area (TPSA) is 81.1 Å². The van der Waals surface area contributed by atoms with Crippen LogP contribution in [0.15, 0.2) is 28.9 Å². The summed E-state index contributed by atoms with van der Waals surface area (Å²) in [5.41, 5.74) is 4.46. The summed E-state index contributed by atoms with van der Waals surface area (Å²) in [6.07, 6.45) is 0.990. The normalized spacial score (nSPS) is 10.2. The lowest BCUT2D eigenvalue weighted by Gasteiger charge is -2.04. The number of nitrogen functional groups attached to an aromatic ring is 1. The van der Waals surface area contributed by atoms with Gasteiger partial charge in [-0.3, -0.25) is 4.79 Å². The van der Waals surface area contributed by atoms with E-state index in [0.29, 0.717) is 0 Å². The quantitative estimate of drug-likeness (QED) is 0.837. The van der Waals surface area contributed by atoms with Crippen molar-refractivity contribution in [2.24, 2.45) is 0 Å². The van der Waals surface area contributed by atoms with Gasteiger partial charge in [-0.05, 0) is 12.1 Å². The molecule has 0 spiro atoms. The zero-order valence-electron chi connectivity index (χ0n) is 8.41. The average molecular weight is 239 g/mol. The molecule has 2 aromatic rings. The Balaban J connectivity index is 2.24. The van der Waals surface area contributed by atoms with E-state index in [1.54, 1.807) is 0 Å². The van der Waals surface area contributed by atoms with Crippen LogP contribution in [0.1, 0.15) is 10.5 Å². The molecule has 1 aromatic heterocycles. The second kappa shape index (κ2) is 4.20. The van der Waals surface area contributed by atoms with Gasteiger partial charge in [0.1, 0.15) is 23.6 Å². The maximum Gasteiger partial charge on any atom is 0.292 e. The Morgan fingerprint density at radius 2 is 2.00 bits per heavy atom. The Morgan fingerprint density at radius 1 is 1.35 bits per heavy atom. The number of nitrogens with zero attached hydrogens (tertiary/aromatic N) is 1. The van der Waals surface area contributed by atoms with Gasteiger partial charge in [0.05, 0.1) is 0 Å². The molecule has 3 N–H and O–H groups in total. The summed E-state index contributed by atoms with van der Waals surface area (Å²) in [5, 5.41) is 2.04. The van der Waals surface area contributed by atoms with Crippen molar-refractivity contribution in [3.05, 3.63) is 41.8 Å². The number of nitrogens with two attached hydrogens (primary N) is 1. The molecule has 17 heavy (non-hydrogen) atoms. The molecular weight excluding hydrogens is 232 g/mol. The van der Waals surface area contributed by atoms with E-state index in [-0.39, 0.29) is 11.7 Å². The van der Waals surface area contributed by atoms with Crippen LogP contribution in [0.4, 0.5) is 20.5 Å². The van der Waals surface area contributed by atoms with Crippen molar-refractivity contribution in [3.8, 4) is 0 Å². The molecule has 88 valence electrons. The molecule has 0 aliphatic carbocycles. The average Bonchev–Trinajstić information content (AvgIpc) is 2.70. The van der Waals surface area contributed by atoms with E-state index in [4.69, 9.17) is 5.73 Å². The summed E-state index contributed by atoms with van der Waals surface area (Å²) in [5.74, 6) is -2.57. The first kappa shape index (κ1) is 11.1. The molecular formula is C10H7F2N3O2. The van der Waals surface area contributed by atoms with Crippen molar-refractivity contribution >= 4 is 17.6 Å². The third-order valence-electron chi connectivity index (χ3n) is 1.96. The molecule has 1 aromatic carbocycles. The van der Waals surface area contributed by atoms with Crippen LogP contribution in [-0.2, 0) is 0 Å². The molecule has 1 amide bonds. The van der Waals surface area contributed by atoms with E-state index in [1.807, 2.05) is 5.32 Å². The number of hydrogen-bond acceptors (Lipinski definition) is 4. The Bertz CT molecular complexity index is 548. The first-order chi connectivity index (χ1) is 8.08. The number of anilines is 2. The fourth-order valence-corrected chi connectivity index (χ4v) is 1.19. The monoisotopic (exact) mass is 239 g/mol. The van der Waals surface area contributed by atoms with Crippen LogP contribution < -0.4 is 11.1 Å². The number of para-hydroxylation sites is 1. The van der Waals surface area contributed by atoms with Gasteiger partial charge in [-0.25, -0.2) is 8.78 Å². The van der Waals surface area contributed by atoms with E-state index >= 15 is 0 Å². The molecule has 7 heteroatoms. The summed E-state index contributed by atoms with van der Waals surface area (Å²) >= 11 is 0. The third-order valence-corrected chi connectivity index (χ3v) is 1.96. The number of amides is 1. The molecule has 0 saturated heterocycles. The first-order valence-electron chi connectivity index (χ1n) is 4.54. The molecule has 0 aliphatic rings. The van der Waals surface area contributed by atoms with Crippen molar-refractivity contribution < 1.29 is 18.0 Å². The summed E-state index contributed by atoms with van der Waals surface area (Å²) in [6.45, 7) is 0. The molecule has 0 bridgehead atoms. The first-order valence-corrected chi connectivity index (χ1v) is 4.54. The Hall–Kier alpha value is -2.44. The van der Waals surface area contributed by atoms with Gasteiger partial charge in [0, 0.05) is 0 Å². The summed E-state index contributed by atoms with van der Waals surface area (Å²) in [6, 6.07) is 3.03. The van der Waals surface area contributed by atoms with E-state index in [9.17, 15) is 13.6 Å². The van der Waals surface area contributed by atoms with Crippen molar-refractivity contribution in [3.63, 3.8) is 0 Å². The number of aromatic nitrogens is 1. The van der Waals surface area contributed by atoms with Crippen LogP contribution in [0.3, 0.4) is 0 Å². The number of rotatable bonds is 2. The van der Waals surface area contributed by atoms with Crippen LogP contribution >= 0.6 is 0 Å². The SMILES string of the molecule is Nc1nc(C(=O)Nc2c(F)cccc2F)co1. The lowest BCUT2D eigenvalue weighted by atomic mass is 10.3. The molecule has 0 radical (unpaired) electrons. The molecule has 1 heterocycles. The predicted molar refractivity (Wildman–Crippen MR) is 55.2 cm³/mol. The Morgan fingerprint density at radius 3 is 2.53 bits per heavy atom. The summed E-state index contributed by atoms with van der Waals surface area (Å²) in [4.78, 5) is 15.0. The van der Waals surface area contributed by atoms with Gasteiger partial charge in [0.2, 0.25) is 0 Å². The molecule has 5 nitrogen and oxygen atoms in total. The van der Waals surface area contributed by atoms with Gasteiger partial charge in [0.25, 0.3) is 11.9 Å². The molecule has 0 unspecified atom stereocenters. The van der Waals surface area contributed by atoms with Crippen molar-refractivity contribution in [2.75, 3.05) is 11.1 Å². The second-order valence-corrected chi connectivity index (χ2v) is 3.12. The number of carbonyl (C=O) groups is 1. The van der Waals surface area contributed by atoms with Crippen molar-refractivity contribution in [1.29, 1.82) is 0 Å². The smallest absolute Gasteiger partial charge is 0.292 e. The highest BCUT2D eigenvalue weighted by molar-refractivity contribution is 6.02. The minimum Gasteiger partial charge on any atom is -0.431 e. The van der Waals surface area contributed by atoms with Crippen molar-refractivity contribution in [2.45, 2.75) is 0 Å². The number of oxazole rings is 1. The van der Waals surface area contributed by atoms with Crippen LogP contribution in [0, 0.1) is 11.6 Å². The van der Waals surface area contributed by atoms with Gasteiger partial charge in [-0.1, -0.05) is 6.07 Å². The number of carbonyl (C=O) groups excluding carboxylic acids is 1. The Kier molecular flexibility index (Phi) is 2.73. The molecule has 0 saturated carbocycles. The fraction of sp³-hybridized carbons (Fsp3) is 0. The van der Waals surface area contributed by atoms with Crippen LogP contribution in [0.5, 0.6) is 0 Å². The fourth-order valence-electron chi connectivity index (χ4n) is 1.19. The van der Waals surface area contributed by atoms with Crippen molar-refractivity contribution in [1.82, 2.24) is 4.98 Å². The number of hydrogen-bond donors (Lipinski definition) is 2. The summed E-state index contributed by atoms with van der Waals surface area (Å²) < 4.78 is 31.0. The van der Waals surface area contributed by atoms with Gasteiger partial charge >= 0.3 is 0 Å². The highest BCUT2D eigenvalue weighted by Crippen LogP contribution is 2.18. The van der Waals surface area contributed by atoms with Crippen LogP contribution in [-0.4, -0.2) is 10.9 Å². The lowest BCUT2D eigenvalue weighted by molar-refractivity contribution is 0.102. The van der Waals surface area contributed by atoms with Gasteiger partial charge < -0.3 is 15.5 Å². The number of nitrogens with one attached hydrogen (secondary N) is 1. The maximum atomic E-state index is 13.2. The highest BCUT2D eigenvalue weighted by atomic mass is 19.1. The molecule has 2 rings (SSSR count). The zero-order chi connectivity index (χ0) is 12.4. The zero-order valence-corrected chi connectivity index (χ0v) is 8.41. The highest BCUT2D eigenvalue weighted by Gasteiger charge is 2.15. The predicted octanol–water partition coefficient (Wildman–Crippen LogP) is 1.79. The van der Waals surface area contributed by atoms with Gasteiger partial charge in [-0.2, -0.15) is 4.98 Å². The Labute approximate surface area is 94.2 Å². The minimum atomic E-state index is -0.880. The van der Waals surface area contributed by atoms with Crippen LogP contribution in [0.25, 0.3) is 0 Å². The van der Waals surface area contributed by atoms with E-state index < -0.39 is 23.2 Å². The van der Waals surface area contributed by atoms with Gasteiger partial charge in [0.15, 0.2) is 5.69 Å². The maximum absolute atomic E-state index is 13.2. The van der Waals surface area contributed by atoms with E-state index in [2.05, 4.69) is 9.40 Å². The molecule has 0 aliphatic heterocycles.